The molecule has 6 heterocycles. The van der Waals surface area contributed by atoms with E-state index in [1.54, 1.807) is 4.90 Å². The van der Waals surface area contributed by atoms with Crippen LogP contribution in [0.25, 0.3) is 22.3 Å². The van der Waals surface area contributed by atoms with Crippen molar-refractivity contribution in [2.45, 2.75) is 50.9 Å². The summed E-state index contributed by atoms with van der Waals surface area (Å²) in [6, 6.07) is 11.9. The van der Waals surface area contributed by atoms with Gasteiger partial charge in [-0.15, -0.1) is 0 Å². The summed E-state index contributed by atoms with van der Waals surface area (Å²) < 4.78 is 4.13. The zero-order valence-corrected chi connectivity index (χ0v) is 22.4. The Balaban J connectivity index is 1.15. The van der Waals surface area contributed by atoms with E-state index >= 15 is 0 Å². The number of aryl methyl sites for hydroxylation is 1. The van der Waals surface area contributed by atoms with Gasteiger partial charge in [-0.05, 0) is 60.7 Å². The van der Waals surface area contributed by atoms with E-state index in [-0.39, 0.29) is 18.2 Å². The van der Waals surface area contributed by atoms with Crippen molar-refractivity contribution in [2.75, 3.05) is 13.1 Å². The molecule has 3 aliphatic rings. The van der Waals surface area contributed by atoms with Crippen LogP contribution in [-0.4, -0.2) is 66.0 Å². The molecule has 4 aromatic rings. The van der Waals surface area contributed by atoms with Gasteiger partial charge in [0.05, 0.1) is 11.7 Å². The first kappa shape index (κ1) is 24.7. The SMILES string of the molecule is Cn1ccc2c(CN3CCC(n4cccn4)CC3)cc(-c3ccc4c(c3)CN(C3CCC(=O)NC3=O)C4=O)nc21. The highest BCUT2D eigenvalue weighted by atomic mass is 16.2. The molecule has 1 N–H and O–H groups in total. The average molecular weight is 538 g/mol. The summed E-state index contributed by atoms with van der Waals surface area (Å²) in [4.78, 5) is 46.3. The Morgan fingerprint density at radius 1 is 1.02 bits per heavy atom. The predicted octanol–water partition coefficient (Wildman–Crippen LogP) is 3.03. The van der Waals surface area contributed by atoms with Crippen molar-refractivity contribution in [2.24, 2.45) is 7.05 Å². The van der Waals surface area contributed by atoms with E-state index in [9.17, 15) is 14.4 Å². The van der Waals surface area contributed by atoms with Gasteiger partial charge >= 0.3 is 0 Å². The van der Waals surface area contributed by atoms with Crippen LogP contribution in [0.1, 0.15) is 53.2 Å². The summed E-state index contributed by atoms with van der Waals surface area (Å²) in [5, 5.41) is 7.96. The highest BCUT2D eigenvalue weighted by Crippen LogP contribution is 2.33. The van der Waals surface area contributed by atoms with Crippen LogP contribution >= 0.6 is 0 Å². The van der Waals surface area contributed by atoms with E-state index in [0.717, 1.165) is 60.3 Å². The summed E-state index contributed by atoms with van der Waals surface area (Å²) in [5.74, 6) is -0.847. The van der Waals surface area contributed by atoms with Crippen LogP contribution < -0.4 is 5.32 Å². The second-order valence-electron chi connectivity index (χ2n) is 11.1. The summed E-state index contributed by atoms with van der Waals surface area (Å²) in [5.41, 5.74) is 5.46. The summed E-state index contributed by atoms with van der Waals surface area (Å²) >= 11 is 0. The fraction of sp³-hybridized carbons (Fsp3) is 0.367. The van der Waals surface area contributed by atoms with Gasteiger partial charge < -0.3 is 9.47 Å². The van der Waals surface area contributed by atoms with Gasteiger partial charge in [0, 0.05) is 74.8 Å². The number of aromatic nitrogens is 4. The monoisotopic (exact) mass is 537 g/mol. The highest BCUT2D eigenvalue weighted by molar-refractivity contribution is 6.05. The fourth-order valence-corrected chi connectivity index (χ4v) is 6.39. The molecule has 1 unspecified atom stereocenters. The minimum Gasteiger partial charge on any atom is -0.336 e. The van der Waals surface area contributed by atoms with Crippen LogP contribution in [0.2, 0.25) is 0 Å². The van der Waals surface area contributed by atoms with Crippen LogP contribution in [0, 0.1) is 0 Å². The zero-order chi connectivity index (χ0) is 27.4. The number of hydrogen-bond donors (Lipinski definition) is 1. The predicted molar refractivity (Wildman–Crippen MR) is 148 cm³/mol. The maximum absolute atomic E-state index is 13.2. The quantitative estimate of drug-likeness (QED) is 0.393. The van der Waals surface area contributed by atoms with Gasteiger partial charge in [-0.25, -0.2) is 4.98 Å². The Hall–Kier alpha value is -4.31. The van der Waals surface area contributed by atoms with Crippen molar-refractivity contribution >= 4 is 28.8 Å². The second kappa shape index (κ2) is 9.71. The van der Waals surface area contributed by atoms with Gasteiger partial charge in [-0.1, -0.05) is 6.07 Å². The fourth-order valence-electron chi connectivity index (χ4n) is 6.39. The van der Waals surface area contributed by atoms with Crippen LogP contribution in [0.5, 0.6) is 0 Å². The third kappa shape index (κ3) is 4.28. The number of pyridine rings is 1. The van der Waals surface area contributed by atoms with Gasteiger partial charge in [0.2, 0.25) is 11.8 Å². The van der Waals surface area contributed by atoms with Crippen LogP contribution in [0.15, 0.2) is 55.0 Å². The van der Waals surface area contributed by atoms with Crippen LogP contribution in [-0.2, 0) is 29.7 Å². The number of fused-ring (bicyclic) bond motifs is 2. The van der Waals surface area contributed by atoms with Gasteiger partial charge in [0.1, 0.15) is 11.7 Å². The number of amides is 3. The lowest BCUT2D eigenvalue weighted by Crippen LogP contribution is -2.52. The van der Waals surface area contributed by atoms with E-state index in [1.165, 1.54) is 5.56 Å². The van der Waals surface area contributed by atoms with Gasteiger partial charge in [-0.3, -0.25) is 29.3 Å². The Morgan fingerprint density at radius 2 is 1.88 bits per heavy atom. The highest BCUT2D eigenvalue weighted by Gasteiger charge is 2.39. The largest absolute Gasteiger partial charge is 0.336 e. The summed E-state index contributed by atoms with van der Waals surface area (Å²) in [6.45, 7) is 3.20. The van der Waals surface area contributed by atoms with Crippen molar-refractivity contribution in [1.82, 2.24) is 34.4 Å². The van der Waals surface area contributed by atoms with Crippen molar-refractivity contribution in [3.05, 3.63) is 71.7 Å². The Bertz CT molecular complexity index is 1630. The zero-order valence-electron chi connectivity index (χ0n) is 22.4. The first-order chi connectivity index (χ1) is 19.4. The summed E-state index contributed by atoms with van der Waals surface area (Å²) in [7, 11) is 2.01. The maximum Gasteiger partial charge on any atom is 0.255 e. The number of nitrogens with zero attached hydrogens (tertiary/aromatic N) is 6. The molecular formula is C30H31N7O3. The second-order valence-corrected chi connectivity index (χ2v) is 11.1. The van der Waals surface area contributed by atoms with Gasteiger partial charge in [0.25, 0.3) is 5.91 Å². The molecule has 1 aromatic carbocycles. The molecule has 3 amide bonds. The van der Waals surface area contributed by atoms with E-state index in [0.29, 0.717) is 24.6 Å². The van der Waals surface area contributed by atoms with Gasteiger partial charge in [0.15, 0.2) is 0 Å². The van der Waals surface area contributed by atoms with Crippen LogP contribution in [0.3, 0.4) is 0 Å². The topological polar surface area (TPSA) is 105 Å². The number of benzene rings is 1. The Morgan fingerprint density at radius 3 is 2.65 bits per heavy atom. The molecule has 0 saturated carbocycles. The number of piperidine rings is 2. The molecule has 2 saturated heterocycles. The normalized spacial score (nSPS) is 20.4. The molecule has 40 heavy (non-hydrogen) atoms. The molecule has 0 aliphatic carbocycles. The summed E-state index contributed by atoms with van der Waals surface area (Å²) in [6.07, 6.45) is 8.68. The Kier molecular flexibility index (Phi) is 6.00. The first-order valence-electron chi connectivity index (χ1n) is 13.9. The standard InChI is InChI=1S/C30H31N7O3/c1-34-12-9-23-21(17-35-13-7-22(8-14-35)37-11-2-10-31-37)16-25(32-28(23)34)19-3-4-24-20(15-19)18-36(30(24)40)26-5-6-27(38)33-29(26)39/h2-4,9-12,15-16,22,26H,5-8,13-14,17-18H2,1H3,(H,33,38,39). The Labute approximate surface area is 231 Å². The van der Waals surface area contributed by atoms with E-state index in [2.05, 4.69) is 38.3 Å². The maximum atomic E-state index is 13.2. The molecule has 10 nitrogen and oxygen atoms in total. The number of carbonyl (C=O) groups is 3. The number of hydrogen-bond acceptors (Lipinski definition) is 6. The average Bonchev–Trinajstić information content (AvgIpc) is 3.69. The lowest BCUT2D eigenvalue weighted by Gasteiger charge is -2.32. The van der Waals surface area contributed by atoms with Crippen LogP contribution in [0.4, 0.5) is 0 Å². The minimum absolute atomic E-state index is 0.166. The number of carbonyl (C=O) groups excluding carboxylic acids is 3. The van der Waals surface area contributed by atoms with Crippen molar-refractivity contribution in [3.63, 3.8) is 0 Å². The van der Waals surface area contributed by atoms with Crippen molar-refractivity contribution in [3.8, 4) is 11.3 Å². The smallest absolute Gasteiger partial charge is 0.255 e. The van der Waals surface area contributed by atoms with Crippen molar-refractivity contribution in [1.29, 1.82) is 0 Å². The molecule has 0 radical (unpaired) electrons. The number of rotatable bonds is 5. The van der Waals surface area contributed by atoms with Crippen molar-refractivity contribution < 1.29 is 14.4 Å². The lowest BCUT2D eigenvalue weighted by molar-refractivity contribution is -0.136. The van der Waals surface area contributed by atoms with E-state index < -0.39 is 11.9 Å². The van der Waals surface area contributed by atoms with Gasteiger partial charge in [-0.2, -0.15) is 5.10 Å². The number of nitrogens with one attached hydrogen (secondary N) is 1. The molecule has 10 heteroatoms. The molecular weight excluding hydrogens is 506 g/mol. The number of likely N-dealkylation sites (tertiary alicyclic amines) is 1. The molecule has 3 aliphatic heterocycles. The first-order valence-corrected chi connectivity index (χ1v) is 13.9. The molecule has 204 valence electrons. The molecule has 2 fully saturated rings. The molecule has 1 atom stereocenters. The number of imide groups is 1. The third-order valence-corrected chi connectivity index (χ3v) is 8.59. The lowest BCUT2D eigenvalue weighted by atomic mass is 10.0. The molecule has 3 aromatic heterocycles. The van der Waals surface area contributed by atoms with E-state index in [4.69, 9.17) is 4.98 Å². The minimum atomic E-state index is -0.622. The molecule has 7 rings (SSSR count). The van der Waals surface area contributed by atoms with E-state index in [1.807, 2.05) is 48.3 Å². The molecule has 0 bridgehead atoms. The molecule has 0 spiro atoms. The third-order valence-electron chi connectivity index (χ3n) is 8.59.